The van der Waals surface area contributed by atoms with Gasteiger partial charge >= 0.3 is 0 Å². The second-order valence-corrected chi connectivity index (χ2v) is 6.82. The van der Waals surface area contributed by atoms with E-state index in [1.807, 2.05) is 0 Å². The fourth-order valence-corrected chi connectivity index (χ4v) is 3.73. The number of hydrogen-bond acceptors (Lipinski definition) is 4. The third-order valence-corrected chi connectivity index (χ3v) is 5.07. The summed E-state index contributed by atoms with van der Waals surface area (Å²) in [5.41, 5.74) is 1.06. The summed E-state index contributed by atoms with van der Waals surface area (Å²) in [6, 6.07) is 5.11. The molecule has 0 atom stereocenters. The van der Waals surface area contributed by atoms with Crippen LogP contribution in [0.4, 0.5) is 11.4 Å². The van der Waals surface area contributed by atoms with Crippen molar-refractivity contribution in [3.05, 3.63) is 33.9 Å². The van der Waals surface area contributed by atoms with E-state index in [0.717, 1.165) is 51.6 Å². The molecule has 1 aliphatic carbocycles. The van der Waals surface area contributed by atoms with Crippen molar-refractivity contribution in [3.8, 4) is 0 Å². The van der Waals surface area contributed by atoms with Gasteiger partial charge in [-0.2, -0.15) is 0 Å². The molecule has 1 saturated carbocycles. The van der Waals surface area contributed by atoms with Gasteiger partial charge in [0, 0.05) is 30.8 Å². The van der Waals surface area contributed by atoms with Crippen molar-refractivity contribution in [2.75, 3.05) is 18.0 Å². The van der Waals surface area contributed by atoms with E-state index in [-0.39, 0.29) is 22.6 Å². The van der Waals surface area contributed by atoms with Crippen LogP contribution in [-0.2, 0) is 0 Å². The standard InChI is InChI=1S/C18H25N3O3/c22-18(19-15-7-3-4-8-15)14-9-10-16(17(13-14)21(23)24)20-11-5-1-2-6-12-20/h9-10,13,15H,1-8,11-12H2,(H,19,22). The Balaban J connectivity index is 1.80. The monoisotopic (exact) mass is 331 g/mol. The second-order valence-electron chi connectivity index (χ2n) is 6.82. The average molecular weight is 331 g/mol. The number of nitrogens with one attached hydrogen (secondary N) is 1. The van der Waals surface area contributed by atoms with Gasteiger partial charge in [-0.05, 0) is 37.8 Å². The lowest BCUT2D eigenvalue weighted by atomic mass is 10.1. The first kappa shape index (κ1) is 16.7. The fraction of sp³-hybridized carbons (Fsp3) is 0.611. The molecule has 0 bridgehead atoms. The predicted octanol–water partition coefficient (Wildman–Crippen LogP) is 3.65. The Morgan fingerprint density at radius 2 is 1.75 bits per heavy atom. The van der Waals surface area contributed by atoms with Gasteiger partial charge in [-0.15, -0.1) is 0 Å². The summed E-state index contributed by atoms with van der Waals surface area (Å²) in [6.07, 6.45) is 8.73. The number of rotatable bonds is 4. The van der Waals surface area contributed by atoms with Crippen LogP contribution < -0.4 is 10.2 Å². The first-order chi connectivity index (χ1) is 11.6. The van der Waals surface area contributed by atoms with E-state index in [1.165, 1.54) is 18.9 Å². The van der Waals surface area contributed by atoms with Gasteiger partial charge in [-0.25, -0.2) is 0 Å². The minimum atomic E-state index is -0.368. The van der Waals surface area contributed by atoms with Crippen LogP contribution in [0.3, 0.4) is 0 Å². The minimum absolute atomic E-state index is 0.0379. The average Bonchev–Trinajstić information content (AvgIpc) is 2.94. The molecule has 6 heteroatoms. The number of amides is 1. The number of carbonyl (C=O) groups is 1. The molecular formula is C18H25N3O3. The summed E-state index contributed by atoms with van der Waals surface area (Å²) in [6.45, 7) is 1.68. The molecule has 6 nitrogen and oxygen atoms in total. The van der Waals surface area contributed by atoms with Crippen LogP contribution in [0.25, 0.3) is 0 Å². The van der Waals surface area contributed by atoms with Gasteiger partial charge in [0.25, 0.3) is 11.6 Å². The number of benzene rings is 1. The van der Waals surface area contributed by atoms with Crippen LogP contribution in [0.2, 0.25) is 0 Å². The summed E-state index contributed by atoms with van der Waals surface area (Å²) in [7, 11) is 0. The SMILES string of the molecule is O=C(NC1CCCC1)c1ccc(N2CCCCCC2)c([N+](=O)[O-])c1. The number of anilines is 1. The van der Waals surface area contributed by atoms with Gasteiger partial charge in [-0.3, -0.25) is 14.9 Å². The number of nitro benzene ring substituents is 1. The Kier molecular flexibility index (Phi) is 5.33. The summed E-state index contributed by atoms with van der Waals surface area (Å²) >= 11 is 0. The normalized spacial score (nSPS) is 19.1. The van der Waals surface area contributed by atoms with Gasteiger partial charge in [0.15, 0.2) is 0 Å². The van der Waals surface area contributed by atoms with Crippen LogP contribution >= 0.6 is 0 Å². The van der Waals surface area contributed by atoms with E-state index < -0.39 is 0 Å². The molecule has 3 rings (SSSR count). The van der Waals surface area contributed by atoms with E-state index in [9.17, 15) is 14.9 Å². The fourth-order valence-electron chi connectivity index (χ4n) is 3.73. The molecule has 2 fully saturated rings. The zero-order valence-electron chi connectivity index (χ0n) is 14.0. The first-order valence-electron chi connectivity index (χ1n) is 8.99. The molecule has 1 saturated heterocycles. The van der Waals surface area contributed by atoms with Gasteiger partial charge in [0.1, 0.15) is 5.69 Å². The van der Waals surface area contributed by atoms with Crippen molar-refractivity contribution in [2.24, 2.45) is 0 Å². The van der Waals surface area contributed by atoms with Crippen molar-refractivity contribution in [1.29, 1.82) is 0 Å². The Hall–Kier alpha value is -2.11. The number of nitrogens with zero attached hydrogens (tertiary/aromatic N) is 2. The molecule has 1 aromatic carbocycles. The molecule has 0 unspecified atom stereocenters. The Bertz CT molecular complexity index is 604. The van der Waals surface area contributed by atoms with Crippen LogP contribution in [0.1, 0.15) is 61.7 Å². The molecule has 24 heavy (non-hydrogen) atoms. The van der Waals surface area contributed by atoms with Crippen LogP contribution in [0.5, 0.6) is 0 Å². The highest BCUT2D eigenvalue weighted by molar-refractivity contribution is 5.96. The van der Waals surface area contributed by atoms with Crippen LogP contribution in [0.15, 0.2) is 18.2 Å². The molecular weight excluding hydrogens is 306 g/mol. The maximum atomic E-state index is 12.4. The second kappa shape index (κ2) is 7.64. The molecule has 130 valence electrons. The van der Waals surface area contributed by atoms with E-state index >= 15 is 0 Å². The van der Waals surface area contributed by atoms with Crippen molar-refractivity contribution in [3.63, 3.8) is 0 Å². The molecule has 2 aliphatic rings. The smallest absolute Gasteiger partial charge is 0.293 e. The molecule has 1 N–H and O–H groups in total. The van der Waals surface area contributed by atoms with E-state index in [4.69, 9.17) is 0 Å². The lowest BCUT2D eigenvalue weighted by molar-refractivity contribution is -0.384. The molecule has 1 heterocycles. The van der Waals surface area contributed by atoms with Crippen LogP contribution in [0, 0.1) is 10.1 Å². The molecule has 1 amide bonds. The molecule has 0 radical (unpaired) electrons. The zero-order chi connectivity index (χ0) is 16.9. The maximum absolute atomic E-state index is 12.4. The number of nitro groups is 1. The molecule has 0 spiro atoms. The largest absolute Gasteiger partial charge is 0.366 e. The Morgan fingerprint density at radius 3 is 2.38 bits per heavy atom. The lowest BCUT2D eigenvalue weighted by Gasteiger charge is -2.22. The number of hydrogen-bond donors (Lipinski definition) is 1. The lowest BCUT2D eigenvalue weighted by Crippen LogP contribution is -2.32. The molecule has 0 aromatic heterocycles. The molecule has 1 aromatic rings. The predicted molar refractivity (Wildman–Crippen MR) is 93.5 cm³/mol. The van der Waals surface area contributed by atoms with Crippen molar-refractivity contribution in [2.45, 2.75) is 57.4 Å². The highest BCUT2D eigenvalue weighted by Crippen LogP contribution is 2.31. The first-order valence-corrected chi connectivity index (χ1v) is 8.99. The summed E-state index contributed by atoms with van der Waals surface area (Å²) in [5.74, 6) is -0.201. The third-order valence-electron chi connectivity index (χ3n) is 5.07. The topological polar surface area (TPSA) is 75.5 Å². The summed E-state index contributed by atoms with van der Waals surface area (Å²) in [4.78, 5) is 25.6. The maximum Gasteiger partial charge on any atom is 0.293 e. The summed E-state index contributed by atoms with van der Waals surface area (Å²) in [5, 5.41) is 14.5. The Morgan fingerprint density at radius 1 is 1.08 bits per heavy atom. The van der Waals surface area contributed by atoms with Crippen molar-refractivity contribution in [1.82, 2.24) is 5.32 Å². The van der Waals surface area contributed by atoms with E-state index in [1.54, 1.807) is 12.1 Å². The van der Waals surface area contributed by atoms with Gasteiger partial charge in [-0.1, -0.05) is 25.7 Å². The van der Waals surface area contributed by atoms with Crippen molar-refractivity contribution < 1.29 is 9.72 Å². The van der Waals surface area contributed by atoms with Gasteiger partial charge in [0.05, 0.1) is 4.92 Å². The minimum Gasteiger partial charge on any atom is -0.366 e. The van der Waals surface area contributed by atoms with E-state index in [2.05, 4.69) is 10.2 Å². The highest BCUT2D eigenvalue weighted by Gasteiger charge is 2.24. The Labute approximate surface area is 142 Å². The van der Waals surface area contributed by atoms with Crippen molar-refractivity contribution >= 4 is 17.3 Å². The number of carbonyl (C=O) groups excluding carboxylic acids is 1. The molecule has 1 aliphatic heterocycles. The van der Waals surface area contributed by atoms with Gasteiger partial charge in [0.2, 0.25) is 0 Å². The zero-order valence-corrected chi connectivity index (χ0v) is 14.0. The third kappa shape index (κ3) is 3.86. The summed E-state index contributed by atoms with van der Waals surface area (Å²) < 4.78 is 0. The quantitative estimate of drug-likeness (QED) is 0.675. The highest BCUT2D eigenvalue weighted by atomic mass is 16.6. The van der Waals surface area contributed by atoms with Gasteiger partial charge < -0.3 is 10.2 Å². The van der Waals surface area contributed by atoms with Crippen LogP contribution in [-0.4, -0.2) is 30.0 Å². The van der Waals surface area contributed by atoms with E-state index in [0.29, 0.717) is 11.3 Å².